The minimum atomic E-state index is -3.90. The van der Waals surface area contributed by atoms with E-state index in [-0.39, 0.29) is 29.6 Å². The maximum atomic E-state index is 10.8. The molecule has 2 aromatic rings. The topological polar surface area (TPSA) is 222 Å². The molecule has 0 aliphatic carbocycles. The summed E-state index contributed by atoms with van der Waals surface area (Å²) < 4.78 is 43.2. The van der Waals surface area contributed by atoms with E-state index in [1.165, 1.54) is 17.3 Å². The molecule has 0 atom stereocenters. The molecule has 0 amide bonds. The molecular formula is C6H7Cl2N10NaO4S2. The van der Waals surface area contributed by atoms with Gasteiger partial charge in [-0.1, -0.05) is 0 Å². The molecule has 2 aromatic heterocycles. The Bertz CT molecular complexity index is 816. The van der Waals surface area contributed by atoms with Crippen molar-refractivity contribution in [3.05, 3.63) is 63.9 Å². The molecule has 0 aliphatic heterocycles. The largest absolute Gasteiger partial charge is 1.00 e. The second-order valence-electron chi connectivity index (χ2n) is 2.77. The maximum Gasteiger partial charge on any atom is 1.00 e. The third kappa shape index (κ3) is 22.5. The predicted molar refractivity (Wildman–Crippen MR) is 85.0 cm³/mol. The van der Waals surface area contributed by atoms with Gasteiger partial charge in [-0.25, -0.2) is 13.9 Å². The van der Waals surface area contributed by atoms with Gasteiger partial charge in [0.25, 0.3) is 0 Å². The Balaban J connectivity index is -0.000000292. The number of rotatable bonds is 2. The summed E-state index contributed by atoms with van der Waals surface area (Å²) in [6, 6.07) is 0. The summed E-state index contributed by atoms with van der Waals surface area (Å²) >= 11 is 0. The number of H-pyrrole nitrogens is 1. The van der Waals surface area contributed by atoms with E-state index in [0.717, 1.165) is 6.33 Å². The van der Waals surface area contributed by atoms with Crippen molar-refractivity contribution in [2.45, 2.75) is 0 Å². The Hall–Kier alpha value is -1.48. The van der Waals surface area contributed by atoms with E-state index >= 15 is 0 Å². The van der Waals surface area contributed by atoms with Crippen LogP contribution in [0.2, 0.25) is 0 Å². The summed E-state index contributed by atoms with van der Waals surface area (Å²) in [5, 5.41) is 0. The van der Waals surface area contributed by atoms with E-state index in [9.17, 15) is 8.42 Å². The zero-order chi connectivity index (χ0) is 19.1. The van der Waals surface area contributed by atoms with Crippen LogP contribution in [0.25, 0.3) is 26.4 Å². The first kappa shape index (κ1) is 28.3. The SMILES string of the molecule is O=S(=O)(Cl)Cl.[N-]=[N+]=NS(=O)(=O)n1ccnc1.[N-]=[N+]=[N-].[Na+].c1c[nH]cn1. The molecule has 0 fully saturated rings. The Morgan fingerprint density at radius 2 is 1.60 bits per heavy atom. The van der Waals surface area contributed by atoms with Crippen LogP contribution in [0.4, 0.5) is 0 Å². The number of imidazole rings is 2. The minimum Gasteiger partial charge on any atom is -0.373 e. The number of azide groups is 1. The first-order valence-electron chi connectivity index (χ1n) is 4.93. The summed E-state index contributed by atoms with van der Waals surface area (Å²) in [4.78, 5) is 13.5. The average molecular weight is 441 g/mol. The Kier molecular flexibility index (Phi) is 18.1. The molecule has 25 heavy (non-hydrogen) atoms. The van der Waals surface area contributed by atoms with Gasteiger partial charge in [0, 0.05) is 51.1 Å². The van der Waals surface area contributed by atoms with Crippen LogP contribution in [0.1, 0.15) is 0 Å². The molecular weight excluding hydrogens is 434 g/mol. The monoisotopic (exact) mass is 440 g/mol. The van der Waals surface area contributed by atoms with Gasteiger partial charge in [-0.05, 0) is 5.53 Å². The van der Waals surface area contributed by atoms with E-state index in [1.54, 1.807) is 18.7 Å². The summed E-state index contributed by atoms with van der Waals surface area (Å²) in [5.41, 5.74) is 21.3. The molecule has 0 bridgehead atoms. The normalized spacial score (nSPS) is 8.88. The molecule has 0 unspecified atom stereocenters. The number of aromatic amines is 1. The molecule has 2 heterocycles. The van der Waals surface area contributed by atoms with Crippen LogP contribution in [-0.2, 0) is 18.5 Å². The zero-order valence-electron chi connectivity index (χ0n) is 12.2. The number of aromatic nitrogens is 4. The Morgan fingerprint density at radius 1 is 1.08 bits per heavy atom. The minimum absolute atomic E-state index is 0. The quantitative estimate of drug-likeness (QED) is 0.208. The zero-order valence-corrected chi connectivity index (χ0v) is 17.3. The fourth-order valence-electron chi connectivity index (χ4n) is 0.687. The van der Waals surface area contributed by atoms with Crippen molar-refractivity contribution in [2.75, 3.05) is 0 Å². The first-order chi connectivity index (χ1) is 11.1. The summed E-state index contributed by atoms with van der Waals surface area (Å²) in [5.74, 6) is 0. The van der Waals surface area contributed by atoms with Crippen molar-refractivity contribution < 1.29 is 46.4 Å². The van der Waals surface area contributed by atoms with E-state index in [0.29, 0.717) is 3.97 Å². The van der Waals surface area contributed by atoms with Gasteiger partial charge in [-0.15, -0.1) is 0 Å². The second-order valence-corrected chi connectivity index (χ2v) is 7.92. The third-order valence-electron chi connectivity index (χ3n) is 1.29. The van der Waals surface area contributed by atoms with Crippen molar-refractivity contribution in [3.8, 4) is 0 Å². The second kappa shape index (κ2) is 16.0. The summed E-state index contributed by atoms with van der Waals surface area (Å²) in [7, 11) is 0.909. The van der Waals surface area contributed by atoms with Gasteiger partial charge < -0.3 is 16.0 Å². The van der Waals surface area contributed by atoms with Crippen LogP contribution < -0.4 is 29.6 Å². The van der Waals surface area contributed by atoms with Gasteiger partial charge in [0.15, 0.2) is 0 Å². The van der Waals surface area contributed by atoms with Crippen molar-refractivity contribution in [3.63, 3.8) is 0 Å². The molecule has 0 aromatic carbocycles. The van der Waals surface area contributed by atoms with Crippen molar-refractivity contribution >= 4 is 39.8 Å². The predicted octanol–water partition coefficient (Wildman–Crippen LogP) is -0.725. The van der Waals surface area contributed by atoms with Gasteiger partial charge in [0.2, 0.25) is 0 Å². The summed E-state index contributed by atoms with van der Waals surface area (Å²) in [6.45, 7) is 0. The summed E-state index contributed by atoms with van der Waals surface area (Å²) in [6.07, 6.45) is 8.55. The number of nitrogens with zero attached hydrogens (tertiary/aromatic N) is 9. The fourth-order valence-corrected chi connectivity index (χ4v) is 1.25. The number of halogens is 2. The molecule has 0 aliphatic rings. The van der Waals surface area contributed by atoms with Gasteiger partial charge >= 0.3 is 48.0 Å². The van der Waals surface area contributed by atoms with Crippen molar-refractivity contribution in [2.24, 2.45) is 4.52 Å². The van der Waals surface area contributed by atoms with Gasteiger partial charge in [0.1, 0.15) is 6.33 Å². The van der Waals surface area contributed by atoms with E-state index in [1.807, 2.05) is 0 Å². The van der Waals surface area contributed by atoms with Gasteiger partial charge in [-0.3, -0.25) is 4.91 Å². The van der Waals surface area contributed by atoms with Crippen LogP contribution in [0, 0.1) is 0 Å². The van der Waals surface area contributed by atoms with Crippen LogP contribution >= 0.6 is 21.4 Å². The standard InChI is InChI=1S/C3H3N5O2S.C3H4N2.Cl2O2S.N3.Na/c4-6-7-11(9,10)8-2-1-5-3-8;1-2-5-3-4-1;1-5(2,3)4;1-3-2;/h1-3H;1-3H,(H,4,5);;;/q;;;-1;+1. The molecule has 0 spiro atoms. The van der Waals surface area contributed by atoms with Gasteiger partial charge in [0.05, 0.1) is 10.8 Å². The number of hydrogen-bond acceptors (Lipinski definition) is 6. The molecule has 2 rings (SSSR count). The first-order valence-corrected chi connectivity index (χ1v) is 9.47. The fraction of sp³-hybridized carbons (Fsp3) is 0. The van der Waals surface area contributed by atoms with Crippen molar-refractivity contribution in [1.82, 2.24) is 18.9 Å². The molecule has 14 nitrogen and oxygen atoms in total. The third-order valence-corrected chi connectivity index (χ3v) is 2.32. The molecule has 132 valence electrons. The van der Waals surface area contributed by atoms with Crippen LogP contribution in [0.5, 0.6) is 0 Å². The smallest absolute Gasteiger partial charge is 0.373 e. The average Bonchev–Trinajstić information content (AvgIpc) is 3.15. The molecule has 0 saturated heterocycles. The van der Waals surface area contributed by atoms with Crippen molar-refractivity contribution in [1.29, 1.82) is 0 Å². The molecule has 0 saturated carbocycles. The van der Waals surface area contributed by atoms with E-state index in [4.69, 9.17) is 25.0 Å². The van der Waals surface area contributed by atoms with Crippen LogP contribution in [0.3, 0.4) is 0 Å². The number of hydrogen-bond donors (Lipinski definition) is 1. The molecule has 1 N–H and O–H groups in total. The Morgan fingerprint density at radius 3 is 1.84 bits per heavy atom. The van der Waals surface area contributed by atoms with E-state index in [2.05, 4.69) is 45.7 Å². The maximum absolute atomic E-state index is 10.8. The Labute approximate surface area is 172 Å². The van der Waals surface area contributed by atoms with E-state index < -0.39 is 18.5 Å². The van der Waals surface area contributed by atoms with Crippen LogP contribution in [-0.4, -0.2) is 35.8 Å². The van der Waals surface area contributed by atoms with Crippen LogP contribution in [0.15, 0.2) is 42.0 Å². The van der Waals surface area contributed by atoms with Gasteiger partial charge in [-0.2, -0.15) is 16.8 Å². The molecule has 0 radical (unpaired) electrons. The molecule has 19 heteroatoms. The number of nitrogens with one attached hydrogen (secondary N) is 1.